The number of methoxy groups -OCH3 is 2. The Morgan fingerprint density at radius 3 is 2.96 bits per heavy atom. The van der Waals surface area contributed by atoms with E-state index in [4.69, 9.17) is 14.5 Å². The maximum atomic E-state index is 5.46. The van der Waals surface area contributed by atoms with Crippen molar-refractivity contribution in [3.63, 3.8) is 0 Å². The van der Waals surface area contributed by atoms with E-state index >= 15 is 0 Å². The molecule has 1 aromatic heterocycles. The molecule has 2 aromatic rings. The number of rotatable bonds is 6. The average molecular weight is 314 g/mol. The molecule has 1 aromatic carbocycles. The van der Waals surface area contributed by atoms with Gasteiger partial charge in [0.1, 0.15) is 17.1 Å². The van der Waals surface area contributed by atoms with Gasteiger partial charge >= 0.3 is 0 Å². The maximum absolute atomic E-state index is 5.46. The molecule has 124 valence electrons. The first-order valence-electron chi connectivity index (χ1n) is 8.49. The minimum atomic E-state index is 0.745. The molecule has 1 aliphatic heterocycles. The Hall–Kier alpha value is -1.81. The molecule has 23 heavy (non-hydrogen) atoms. The maximum Gasteiger partial charge on any atom is 0.145 e. The first kappa shape index (κ1) is 16.1. The fourth-order valence-electron chi connectivity index (χ4n) is 3.48. The normalized spacial score (nSPS) is 18.3. The van der Waals surface area contributed by atoms with Gasteiger partial charge < -0.3 is 14.4 Å². The zero-order valence-electron chi connectivity index (χ0n) is 14.1. The summed E-state index contributed by atoms with van der Waals surface area (Å²) >= 11 is 0. The van der Waals surface area contributed by atoms with Gasteiger partial charge in [-0.05, 0) is 49.8 Å². The SMILES string of the molecule is COCCCC1CCCN(c2ccc3cccc(OC)c3n2)C1. The van der Waals surface area contributed by atoms with Crippen molar-refractivity contribution in [1.82, 2.24) is 4.98 Å². The lowest BCUT2D eigenvalue weighted by atomic mass is 9.93. The number of para-hydroxylation sites is 1. The van der Waals surface area contributed by atoms with Gasteiger partial charge in [-0.2, -0.15) is 0 Å². The topological polar surface area (TPSA) is 34.6 Å². The summed E-state index contributed by atoms with van der Waals surface area (Å²) in [5.74, 6) is 2.66. The number of pyridine rings is 1. The van der Waals surface area contributed by atoms with Crippen LogP contribution in [0.25, 0.3) is 10.9 Å². The minimum absolute atomic E-state index is 0.745. The van der Waals surface area contributed by atoms with E-state index in [1.54, 1.807) is 14.2 Å². The molecule has 0 aliphatic carbocycles. The third-order valence-corrected chi connectivity index (χ3v) is 4.69. The van der Waals surface area contributed by atoms with Crippen molar-refractivity contribution in [2.45, 2.75) is 25.7 Å². The van der Waals surface area contributed by atoms with E-state index in [-0.39, 0.29) is 0 Å². The Bertz CT molecular complexity index is 644. The average Bonchev–Trinajstić information content (AvgIpc) is 2.61. The summed E-state index contributed by atoms with van der Waals surface area (Å²) in [5.41, 5.74) is 0.953. The second kappa shape index (κ2) is 7.64. The second-order valence-corrected chi connectivity index (χ2v) is 6.29. The predicted molar refractivity (Wildman–Crippen MR) is 94.3 cm³/mol. The Kier molecular flexibility index (Phi) is 5.34. The number of nitrogens with zero attached hydrogens (tertiary/aromatic N) is 2. The van der Waals surface area contributed by atoms with Crippen LogP contribution in [0, 0.1) is 5.92 Å². The summed E-state index contributed by atoms with van der Waals surface area (Å²) in [4.78, 5) is 7.30. The van der Waals surface area contributed by atoms with Crippen molar-refractivity contribution in [3.05, 3.63) is 30.3 Å². The van der Waals surface area contributed by atoms with Gasteiger partial charge in [0.05, 0.1) is 7.11 Å². The van der Waals surface area contributed by atoms with Gasteiger partial charge in [0.15, 0.2) is 0 Å². The summed E-state index contributed by atoms with van der Waals surface area (Å²) < 4.78 is 10.6. The molecule has 1 fully saturated rings. The molecule has 4 heteroatoms. The number of benzene rings is 1. The number of hydrogen-bond donors (Lipinski definition) is 0. The molecule has 3 rings (SSSR count). The molecule has 4 nitrogen and oxygen atoms in total. The third-order valence-electron chi connectivity index (χ3n) is 4.69. The van der Waals surface area contributed by atoms with E-state index in [0.717, 1.165) is 54.5 Å². The zero-order chi connectivity index (χ0) is 16.1. The predicted octanol–water partition coefficient (Wildman–Crippen LogP) is 3.89. The third kappa shape index (κ3) is 3.75. The van der Waals surface area contributed by atoms with Crippen LogP contribution < -0.4 is 9.64 Å². The van der Waals surface area contributed by atoms with E-state index in [2.05, 4.69) is 23.1 Å². The number of fused-ring (bicyclic) bond motifs is 1. The molecule has 1 saturated heterocycles. The molecule has 0 radical (unpaired) electrons. The summed E-state index contributed by atoms with van der Waals surface area (Å²) in [6.45, 7) is 3.05. The van der Waals surface area contributed by atoms with Crippen molar-refractivity contribution in [1.29, 1.82) is 0 Å². The highest BCUT2D eigenvalue weighted by Crippen LogP contribution is 2.29. The highest BCUT2D eigenvalue weighted by atomic mass is 16.5. The highest BCUT2D eigenvalue weighted by Gasteiger charge is 2.21. The largest absolute Gasteiger partial charge is 0.494 e. The zero-order valence-corrected chi connectivity index (χ0v) is 14.1. The van der Waals surface area contributed by atoms with E-state index in [1.807, 2.05) is 12.1 Å². The standard InChI is InChI=1S/C19H26N2O2/c1-22-13-5-7-15-6-4-12-21(14-15)18-11-10-16-8-3-9-17(23-2)19(16)20-18/h3,8-11,15H,4-7,12-14H2,1-2H3. The van der Waals surface area contributed by atoms with Crippen LogP contribution in [-0.4, -0.2) is 38.9 Å². The van der Waals surface area contributed by atoms with Gasteiger partial charge in [-0.25, -0.2) is 4.98 Å². The van der Waals surface area contributed by atoms with Crippen LogP contribution in [0.4, 0.5) is 5.82 Å². The number of piperidine rings is 1. The Labute approximate surface area is 138 Å². The summed E-state index contributed by atoms with van der Waals surface area (Å²) in [7, 11) is 3.48. The molecule has 2 heterocycles. The molecule has 0 amide bonds. The number of aromatic nitrogens is 1. The van der Waals surface area contributed by atoms with E-state index in [1.165, 1.54) is 19.3 Å². The van der Waals surface area contributed by atoms with Crippen LogP contribution in [0.1, 0.15) is 25.7 Å². The van der Waals surface area contributed by atoms with Crippen LogP contribution in [-0.2, 0) is 4.74 Å². The molecule has 1 atom stereocenters. The van der Waals surface area contributed by atoms with Crippen molar-refractivity contribution in [2.75, 3.05) is 38.8 Å². The fourth-order valence-corrected chi connectivity index (χ4v) is 3.48. The quantitative estimate of drug-likeness (QED) is 0.758. The molecular weight excluding hydrogens is 288 g/mol. The summed E-state index contributed by atoms with van der Waals surface area (Å²) in [6.07, 6.45) is 4.94. The van der Waals surface area contributed by atoms with E-state index in [0.29, 0.717) is 0 Å². The van der Waals surface area contributed by atoms with Gasteiger partial charge in [-0.1, -0.05) is 12.1 Å². The van der Waals surface area contributed by atoms with E-state index in [9.17, 15) is 0 Å². The van der Waals surface area contributed by atoms with Gasteiger partial charge in [0, 0.05) is 32.2 Å². The Morgan fingerprint density at radius 1 is 1.22 bits per heavy atom. The Morgan fingerprint density at radius 2 is 2.13 bits per heavy atom. The molecule has 0 bridgehead atoms. The van der Waals surface area contributed by atoms with Crippen molar-refractivity contribution in [3.8, 4) is 5.75 Å². The van der Waals surface area contributed by atoms with Crippen LogP contribution in [0.3, 0.4) is 0 Å². The second-order valence-electron chi connectivity index (χ2n) is 6.29. The molecular formula is C19H26N2O2. The van der Waals surface area contributed by atoms with Crippen molar-refractivity contribution >= 4 is 16.7 Å². The molecule has 1 aliphatic rings. The summed E-state index contributed by atoms with van der Waals surface area (Å²) in [6, 6.07) is 10.4. The first-order valence-corrected chi connectivity index (χ1v) is 8.49. The fraction of sp³-hybridized carbons (Fsp3) is 0.526. The molecule has 1 unspecified atom stereocenters. The lowest BCUT2D eigenvalue weighted by Crippen LogP contribution is -2.36. The van der Waals surface area contributed by atoms with E-state index < -0.39 is 0 Å². The van der Waals surface area contributed by atoms with Crippen LogP contribution in [0.15, 0.2) is 30.3 Å². The van der Waals surface area contributed by atoms with Crippen molar-refractivity contribution < 1.29 is 9.47 Å². The summed E-state index contributed by atoms with van der Waals surface area (Å²) in [5, 5.41) is 1.13. The van der Waals surface area contributed by atoms with Crippen LogP contribution >= 0.6 is 0 Å². The lowest BCUT2D eigenvalue weighted by molar-refractivity contribution is 0.184. The van der Waals surface area contributed by atoms with Gasteiger partial charge in [-0.15, -0.1) is 0 Å². The first-order chi connectivity index (χ1) is 11.3. The van der Waals surface area contributed by atoms with Gasteiger partial charge in [0.2, 0.25) is 0 Å². The number of hydrogen-bond acceptors (Lipinski definition) is 4. The molecule has 0 spiro atoms. The van der Waals surface area contributed by atoms with Gasteiger partial charge in [0.25, 0.3) is 0 Å². The van der Waals surface area contributed by atoms with Crippen LogP contribution in [0.5, 0.6) is 5.75 Å². The smallest absolute Gasteiger partial charge is 0.145 e. The monoisotopic (exact) mass is 314 g/mol. The highest BCUT2D eigenvalue weighted by molar-refractivity contribution is 5.85. The molecule has 0 N–H and O–H groups in total. The number of anilines is 1. The minimum Gasteiger partial charge on any atom is -0.494 e. The molecule has 0 saturated carbocycles. The van der Waals surface area contributed by atoms with Gasteiger partial charge in [-0.3, -0.25) is 0 Å². The number of ether oxygens (including phenoxy) is 2. The van der Waals surface area contributed by atoms with Crippen molar-refractivity contribution in [2.24, 2.45) is 5.92 Å². The van der Waals surface area contributed by atoms with Crippen LogP contribution in [0.2, 0.25) is 0 Å². The Balaban J connectivity index is 1.76. The lowest BCUT2D eigenvalue weighted by Gasteiger charge is -2.33.